The lowest BCUT2D eigenvalue weighted by molar-refractivity contribution is -0.165. The van der Waals surface area contributed by atoms with E-state index in [-0.39, 0.29) is 42.4 Å². The number of nitrogens with zero attached hydrogens (tertiary/aromatic N) is 5. The molecule has 0 unspecified atom stereocenters. The van der Waals surface area contributed by atoms with E-state index in [0.29, 0.717) is 16.9 Å². The highest BCUT2D eigenvalue weighted by Gasteiger charge is 2.66. The van der Waals surface area contributed by atoms with E-state index in [1.54, 1.807) is 6.07 Å². The first kappa shape index (κ1) is 23.3. The summed E-state index contributed by atoms with van der Waals surface area (Å²) in [6.45, 7) is 0. The molecule has 3 aromatic heterocycles. The average molecular weight is 499 g/mol. The molecule has 1 aromatic carbocycles. The van der Waals surface area contributed by atoms with Crippen molar-refractivity contribution in [3.63, 3.8) is 0 Å². The molecule has 5 rings (SSSR count). The summed E-state index contributed by atoms with van der Waals surface area (Å²) in [4.78, 5) is 28.7. The molecule has 4 aromatic rings. The fraction of sp³-hybridized carbons (Fsp3) is 0.217. The van der Waals surface area contributed by atoms with E-state index in [1.165, 1.54) is 43.1 Å². The fourth-order valence-electron chi connectivity index (χ4n) is 3.60. The largest absolute Gasteiger partial charge is 0.401 e. The van der Waals surface area contributed by atoms with Gasteiger partial charge in [-0.1, -0.05) is 17.3 Å². The van der Waals surface area contributed by atoms with Gasteiger partial charge in [-0.3, -0.25) is 9.78 Å². The summed E-state index contributed by atoms with van der Waals surface area (Å²) >= 11 is 0. The van der Waals surface area contributed by atoms with Crippen LogP contribution in [0.3, 0.4) is 0 Å². The molecule has 1 aliphatic rings. The van der Waals surface area contributed by atoms with E-state index >= 15 is 0 Å². The summed E-state index contributed by atoms with van der Waals surface area (Å²) in [5, 5.41) is 8.73. The number of nitrogens with one attached hydrogen (secondary N) is 2. The number of benzene rings is 1. The molecule has 1 saturated carbocycles. The Morgan fingerprint density at radius 3 is 2.42 bits per heavy atom. The van der Waals surface area contributed by atoms with Crippen LogP contribution in [-0.2, 0) is 16.6 Å². The molecular formula is C23H17F4N7O2. The minimum Gasteiger partial charge on any atom is -0.358 e. The van der Waals surface area contributed by atoms with Crippen LogP contribution in [0.25, 0.3) is 11.1 Å². The summed E-state index contributed by atoms with van der Waals surface area (Å²) in [7, 11) is 0. The van der Waals surface area contributed by atoms with Crippen molar-refractivity contribution in [2.75, 3.05) is 10.6 Å². The summed E-state index contributed by atoms with van der Waals surface area (Å²) < 4.78 is 59.2. The topological polar surface area (TPSA) is 119 Å². The Balaban J connectivity index is 1.22. The third kappa shape index (κ3) is 4.72. The number of hydrogen-bond donors (Lipinski definition) is 2. The predicted molar refractivity (Wildman–Crippen MR) is 119 cm³/mol. The van der Waals surface area contributed by atoms with Crippen LogP contribution in [0.4, 0.5) is 35.1 Å². The molecule has 0 bridgehead atoms. The third-order valence-electron chi connectivity index (χ3n) is 5.73. The van der Waals surface area contributed by atoms with Gasteiger partial charge in [-0.15, -0.1) is 0 Å². The molecule has 1 amide bonds. The van der Waals surface area contributed by atoms with Gasteiger partial charge in [0.05, 0.1) is 12.6 Å². The number of anilines is 3. The van der Waals surface area contributed by atoms with Crippen LogP contribution in [0.1, 0.15) is 24.2 Å². The SMILES string of the molecule is O=C(Cc1ccc(-c2cnc(Nc3cnccn3)nc2)cc1F)Nc1cc(C2(C(F)(F)F)CC2)on1. The van der Waals surface area contributed by atoms with Crippen molar-refractivity contribution in [2.45, 2.75) is 30.9 Å². The van der Waals surface area contributed by atoms with E-state index in [9.17, 15) is 22.4 Å². The summed E-state index contributed by atoms with van der Waals surface area (Å²) in [6.07, 6.45) is 2.56. The number of carbonyl (C=O) groups excluding carboxylic acids is 1. The van der Waals surface area contributed by atoms with E-state index in [2.05, 4.69) is 35.7 Å². The quantitative estimate of drug-likeness (QED) is 0.355. The highest BCUT2D eigenvalue weighted by Crippen LogP contribution is 2.59. The molecule has 1 aliphatic carbocycles. The van der Waals surface area contributed by atoms with Gasteiger partial charge in [0.1, 0.15) is 11.2 Å². The van der Waals surface area contributed by atoms with Crippen molar-refractivity contribution >= 4 is 23.5 Å². The molecule has 0 spiro atoms. The van der Waals surface area contributed by atoms with Gasteiger partial charge >= 0.3 is 6.18 Å². The van der Waals surface area contributed by atoms with Gasteiger partial charge in [-0.2, -0.15) is 13.2 Å². The van der Waals surface area contributed by atoms with Crippen LogP contribution in [0, 0.1) is 5.82 Å². The minimum atomic E-state index is -4.46. The predicted octanol–water partition coefficient (Wildman–Crippen LogP) is 4.58. The van der Waals surface area contributed by atoms with Gasteiger partial charge in [0.2, 0.25) is 11.9 Å². The third-order valence-corrected chi connectivity index (χ3v) is 5.73. The molecule has 1 fully saturated rings. The summed E-state index contributed by atoms with van der Waals surface area (Å²) in [5.41, 5.74) is -0.914. The molecule has 0 atom stereocenters. The zero-order chi connectivity index (χ0) is 25.3. The maximum atomic E-state index is 14.7. The lowest BCUT2D eigenvalue weighted by atomic mass is 10.0. The molecular weight excluding hydrogens is 482 g/mol. The Hall–Kier alpha value is -4.42. The molecule has 0 saturated heterocycles. The van der Waals surface area contributed by atoms with E-state index < -0.39 is 23.3 Å². The molecule has 36 heavy (non-hydrogen) atoms. The van der Waals surface area contributed by atoms with Crippen molar-refractivity contribution in [3.8, 4) is 11.1 Å². The monoisotopic (exact) mass is 499 g/mol. The van der Waals surface area contributed by atoms with Crippen molar-refractivity contribution < 1.29 is 26.9 Å². The second-order valence-electron chi connectivity index (χ2n) is 8.20. The summed E-state index contributed by atoms with van der Waals surface area (Å²) in [5.74, 6) is -1.05. The van der Waals surface area contributed by atoms with Crippen molar-refractivity contribution in [3.05, 3.63) is 72.4 Å². The van der Waals surface area contributed by atoms with E-state index in [0.717, 1.165) is 6.07 Å². The second kappa shape index (κ2) is 8.98. The van der Waals surface area contributed by atoms with E-state index in [4.69, 9.17) is 4.52 Å². The number of rotatable bonds is 7. The highest BCUT2D eigenvalue weighted by molar-refractivity contribution is 5.91. The zero-order valence-electron chi connectivity index (χ0n) is 18.4. The van der Waals surface area contributed by atoms with Gasteiger partial charge in [-0.05, 0) is 30.0 Å². The first-order valence-corrected chi connectivity index (χ1v) is 10.7. The van der Waals surface area contributed by atoms with Crippen LogP contribution >= 0.6 is 0 Å². The lowest BCUT2D eigenvalue weighted by Gasteiger charge is -2.14. The van der Waals surface area contributed by atoms with Crippen LogP contribution < -0.4 is 10.6 Å². The Bertz CT molecular complexity index is 1390. The van der Waals surface area contributed by atoms with Crippen molar-refractivity contribution in [1.82, 2.24) is 25.1 Å². The Morgan fingerprint density at radius 2 is 1.78 bits per heavy atom. The Kier molecular flexibility index (Phi) is 5.82. The normalized spacial score (nSPS) is 14.3. The number of aromatic nitrogens is 5. The number of amides is 1. The molecule has 9 nitrogen and oxygen atoms in total. The van der Waals surface area contributed by atoms with Gasteiger partial charge in [-0.25, -0.2) is 19.3 Å². The molecule has 2 N–H and O–H groups in total. The second-order valence-corrected chi connectivity index (χ2v) is 8.20. The van der Waals surface area contributed by atoms with Gasteiger partial charge in [0, 0.05) is 36.4 Å². The molecule has 3 heterocycles. The maximum Gasteiger partial charge on any atom is 0.401 e. The van der Waals surface area contributed by atoms with Crippen LogP contribution in [0.2, 0.25) is 0 Å². The molecule has 13 heteroatoms. The number of hydrogen-bond acceptors (Lipinski definition) is 8. The fourth-order valence-corrected chi connectivity index (χ4v) is 3.60. The van der Waals surface area contributed by atoms with Crippen molar-refractivity contribution in [1.29, 1.82) is 0 Å². The maximum absolute atomic E-state index is 14.7. The first-order chi connectivity index (χ1) is 17.2. The van der Waals surface area contributed by atoms with Crippen LogP contribution in [-0.4, -0.2) is 37.2 Å². The summed E-state index contributed by atoms with van der Waals surface area (Å²) in [6, 6.07) is 5.34. The van der Waals surface area contributed by atoms with Crippen LogP contribution in [0.15, 0.2) is 59.8 Å². The van der Waals surface area contributed by atoms with Gasteiger partial charge < -0.3 is 15.2 Å². The molecule has 0 radical (unpaired) electrons. The number of alkyl halides is 3. The van der Waals surface area contributed by atoms with E-state index in [1.807, 2.05) is 0 Å². The Morgan fingerprint density at radius 1 is 1.00 bits per heavy atom. The average Bonchev–Trinajstić information content (AvgIpc) is 3.55. The van der Waals surface area contributed by atoms with Gasteiger partial charge in [0.25, 0.3) is 0 Å². The Labute approximate surface area is 201 Å². The first-order valence-electron chi connectivity index (χ1n) is 10.7. The van der Waals surface area contributed by atoms with Gasteiger partial charge in [0.15, 0.2) is 17.4 Å². The minimum absolute atomic E-state index is 0.0933. The lowest BCUT2D eigenvalue weighted by Crippen LogP contribution is -2.28. The zero-order valence-corrected chi connectivity index (χ0v) is 18.4. The van der Waals surface area contributed by atoms with Crippen molar-refractivity contribution in [2.24, 2.45) is 0 Å². The molecule has 184 valence electrons. The number of carbonyl (C=O) groups is 1. The van der Waals surface area contributed by atoms with Crippen LogP contribution in [0.5, 0.6) is 0 Å². The molecule has 0 aliphatic heterocycles. The standard InChI is InChI=1S/C23H17F4N7O2/c24-16-7-13(15-10-30-21(31-11-15)33-19-12-28-5-6-29-19)1-2-14(16)8-20(35)32-18-9-17(36-34-18)22(3-4-22)23(25,26)27/h1-2,5-7,9-12H,3-4,8H2,(H,32,34,35)(H,29,30,31,33). The smallest absolute Gasteiger partial charge is 0.358 e. The number of halogens is 4. The highest BCUT2D eigenvalue weighted by atomic mass is 19.4.